The largest absolute Gasteiger partial charge is 0.550 e. The molecule has 0 unspecified atom stereocenters. The Kier molecular flexibility index (Phi) is 5.45. The van der Waals surface area contributed by atoms with Crippen molar-refractivity contribution in [3.05, 3.63) is 0 Å². The number of hydrogen-bond donors (Lipinski definition) is 3. The van der Waals surface area contributed by atoms with Crippen LogP contribution in [0.5, 0.6) is 0 Å². The van der Waals surface area contributed by atoms with Crippen LogP contribution in [0.3, 0.4) is 0 Å². The molecule has 0 amide bonds. The van der Waals surface area contributed by atoms with E-state index >= 15 is 0 Å². The van der Waals surface area contributed by atoms with Crippen molar-refractivity contribution in [3.8, 4) is 0 Å². The zero-order valence-electron chi connectivity index (χ0n) is 7.70. The molecule has 8 nitrogen and oxygen atoms in total. The van der Waals surface area contributed by atoms with Crippen LogP contribution in [0, 0.1) is 0 Å². The Balaban J connectivity index is 4.24. The van der Waals surface area contributed by atoms with Crippen LogP contribution < -0.4 is 5.11 Å². The van der Waals surface area contributed by atoms with Gasteiger partial charge in [-0.3, -0.25) is 14.3 Å². The number of carboxylic acids is 2. The molecule has 0 aromatic carbocycles. The van der Waals surface area contributed by atoms with Crippen LogP contribution in [0.25, 0.3) is 0 Å². The van der Waals surface area contributed by atoms with E-state index in [9.17, 15) is 19.3 Å². The molecule has 0 saturated heterocycles. The van der Waals surface area contributed by atoms with Crippen molar-refractivity contribution in [2.24, 2.45) is 0 Å². The molecular weight excluding hydrogens is 229 g/mol. The van der Waals surface area contributed by atoms with E-state index in [4.69, 9.17) is 14.9 Å². The zero-order valence-corrected chi connectivity index (χ0v) is 8.59. The summed E-state index contributed by atoms with van der Waals surface area (Å²) in [6, 6.07) is 0. The van der Waals surface area contributed by atoms with Crippen LogP contribution in [0.4, 0.5) is 0 Å². The van der Waals surface area contributed by atoms with Gasteiger partial charge in [0.1, 0.15) is 6.29 Å². The first kappa shape index (κ1) is 14.1. The average Bonchev–Trinajstić information content (AvgIpc) is 1.95. The average molecular weight is 240 g/mol. The molecule has 0 radical (unpaired) electrons. The quantitative estimate of drug-likeness (QED) is 0.420. The van der Waals surface area contributed by atoms with Gasteiger partial charge in [-0.05, 0) is 6.42 Å². The molecule has 0 aromatic rings. The van der Waals surface area contributed by atoms with E-state index in [1.54, 1.807) is 0 Å². The molecule has 0 aliphatic heterocycles. The molecule has 0 rings (SSSR count). The van der Waals surface area contributed by atoms with E-state index in [2.05, 4.69) is 0 Å². The van der Waals surface area contributed by atoms with Gasteiger partial charge in [-0.2, -0.15) is 0 Å². The molecule has 0 aromatic heterocycles. The predicted octanol–water partition coefficient (Wildman–Crippen LogP) is -2.35. The van der Waals surface area contributed by atoms with Gasteiger partial charge >= 0.3 is 13.6 Å². The zero-order chi connectivity index (χ0) is 12.1. The lowest BCUT2D eigenvalue weighted by molar-refractivity contribution is -0.305. The maximum absolute atomic E-state index is 10.6. The first-order valence-corrected chi connectivity index (χ1v) is 5.69. The van der Waals surface area contributed by atoms with Gasteiger partial charge in [0.05, 0.1) is 6.54 Å². The fourth-order valence-electron chi connectivity index (χ4n) is 0.901. The SMILES string of the molecule is O=C([O-])CCN(CC(=O)O)CP(=O)(O)O. The molecule has 0 saturated carbocycles. The van der Waals surface area contributed by atoms with Crippen LogP contribution in [0.2, 0.25) is 0 Å². The molecule has 3 N–H and O–H groups in total. The summed E-state index contributed by atoms with van der Waals surface area (Å²) >= 11 is 0. The topological polar surface area (TPSA) is 138 Å². The Morgan fingerprint density at radius 2 is 1.87 bits per heavy atom. The minimum atomic E-state index is -4.39. The van der Waals surface area contributed by atoms with Gasteiger partial charge in [0.2, 0.25) is 0 Å². The van der Waals surface area contributed by atoms with Crippen molar-refractivity contribution in [2.75, 3.05) is 19.4 Å². The van der Waals surface area contributed by atoms with E-state index in [-0.39, 0.29) is 6.54 Å². The lowest BCUT2D eigenvalue weighted by atomic mass is 10.4. The van der Waals surface area contributed by atoms with E-state index in [0.29, 0.717) is 0 Å². The molecule has 0 atom stereocenters. The fraction of sp³-hybridized carbons (Fsp3) is 0.667. The van der Waals surface area contributed by atoms with E-state index in [1.165, 1.54) is 0 Å². The number of carbonyl (C=O) groups is 2. The minimum Gasteiger partial charge on any atom is -0.550 e. The number of aliphatic carboxylic acids is 2. The number of nitrogens with zero attached hydrogens (tertiary/aromatic N) is 1. The molecule has 0 aliphatic rings. The number of rotatable bonds is 7. The van der Waals surface area contributed by atoms with Crippen molar-refractivity contribution in [1.29, 1.82) is 0 Å². The minimum absolute atomic E-state index is 0.278. The lowest BCUT2D eigenvalue weighted by Crippen LogP contribution is -2.35. The maximum atomic E-state index is 10.6. The van der Waals surface area contributed by atoms with Gasteiger partial charge in [-0.25, -0.2) is 0 Å². The van der Waals surface area contributed by atoms with Crippen LogP contribution in [-0.4, -0.2) is 51.1 Å². The van der Waals surface area contributed by atoms with Gasteiger partial charge in [-0.1, -0.05) is 0 Å². The Morgan fingerprint density at radius 3 is 2.20 bits per heavy atom. The molecule has 0 heterocycles. The molecule has 88 valence electrons. The van der Waals surface area contributed by atoms with Gasteiger partial charge in [0.15, 0.2) is 0 Å². The van der Waals surface area contributed by atoms with Crippen molar-refractivity contribution >= 4 is 19.5 Å². The van der Waals surface area contributed by atoms with Crippen LogP contribution in [0.1, 0.15) is 6.42 Å². The molecule has 0 aliphatic carbocycles. The third kappa shape index (κ3) is 9.36. The van der Waals surface area contributed by atoms with Crippen molar-refractivity contribution in [1.82, 2.24) is 4.90 Å². The fourth-order valence-corrected chi connectivity index (χ4v) is 1.66. The van der Waals surface area contributed by atoms with E-state index in [1.807, 2.05) is 0 Å². The summed E-state index contributed by atoms with van der Waals surface area (Å²) < 4.78 is 10.6. The summed E-state index contributed by atoms with van der Waals surface area (Å²) in [5, 5.41) is 18.5. The Morgan fingerprint density at radius 1 is 1.33 bits per heavy atom. The van der Waals surface area contributed by atoms with Gasteiger partial charge in [0, 0.05) is 12.5 Å². The van der Waals surface area contributed by atoms with Crippen LogP contribution >= 0.6 is 7.60 Å². The summed E-state index contributed by atoms with van der Waals surface area (Å²) in [7, 11) is -4.39. The summed E-state index contributed by atoms with van der Waals surface area (Å²) in [5.41, 5.74) is 0. The Labute approximate surface area is 85.3 Å². The molecule has 0 spiro atoms. The highest BCUT2D eigenvalue weighted by Crippen LogP contribution is 2.34. The Hall–Kier alpha value is -0.950. The Bertz CT molecular complexity index is 285. The second kappa shape index (κ2) is 5.82. The van der Waals surface area contributed by atoms with E-state index in [0.717, 1.165) is 4.90 Å². The first-order chi connectivity index (χ1) is 6.70. The summed E-state index contributed by atoms with van der Waals surface area (Å²) in [6.07, 6.45) is -1.26. The monoisotopic (exact) mass is 240 g/mol. The third-order valence-corrected chi connectivity index (χ3v) is 2.14. The highest BCUT2D eigenvalue weighted by atomic mass is 31.2. The maximum Gasteiger partial charge on any atom is 0.339 e. The third-order valence-electron chi connectivity index (χ3n) is 1.38. The normalized spacial score (nSPS) is 11.7. The smallest absolute Gasteiger partial charge is 0.339 e. The van der Waals surface area contributed by atoms with E-state index < -0.39 is 38.8 Å². The lowest BCUT2D eigenvalue weighted by Gasteiger charge is -2.20. The number of carbonyl (C=O) groups excluding carboxylic acids is 1. The van der Waals surface area contributed by atoms with Crippen molar-refractivity contribution in [2.45, 2.75) is 6.42 Å². The second-order valence-electron chi connectivity index (χ2n) is 2.87. The van der Waals surface area contributed by atoms with Crippen molar-refractivity contribution < 1.29 is 34.2 Å². The van der Waals surface area contributed by atoms with Crippen molar-refractivity contribution in [3.63, 3.8) is 0 Å². The molecular formula is C6H11NO7P-. The first-order valence-electron chi connectivity index (χ1n) is 3.89. The summed E-state index contributed by atoms with van der Waals surface area (Å²) in [5.74, 6) is -2.70. The summed E-state index contributed by atoms with van der Waals surface area (Å²) in [6.45, 7) is -0.905. The summed E-state index contributed by atoms with van der Waals surface area (Å²) in [4.78, 5) is 38.4. The van der Waals surface area contributed by atoms with Gasteiger partial charge in [0.25, 0.3) is 0 Å². The standard InChI is InChI=1S/C6H12NO7P/c8-5(9)1-2-7(3-6(10)11)4-15(12,13)14/h1-4H2,(H,8,9)(H,10,11)(H2,12,13,14)/p-1. The van der Waals surface area contributed by atoms with Crippen LogP contribution in [-0.2, 0) is 14.2 Å². The highest BCUT2D eigenvalue weighted by molar-refractivity contribution is 7.51. The van der Waals surface area contributed by atoms with Gasteiger partial charge < -0.3 is 24.8 Å². The van der Waals surface area contributed by atoms with Crippen LogP contribution in [0.15, 0.2) is 0 Å². The van der Waals surface area contributed by atoms with Gasteiger partial charge in [-0.15, -0.1) is 0 Å². The molecule has 0 fully saturated rings. The molecule has 15 heavy (non-hydrogen) atoms. The predicted molar refractivity (Wildman–Crippen MR) is 45.7 cm³/mol. The number of hydrogen-bond acceptors (Lipinski definition) is 5. The highest BCUT2D eigenvalue weighted by Gasteiger charge is 2.20. The number of carboxylic acid groups (broad SMARTS) is 2. The second-order valence-corrected chi connectivity index (χ2v) is 4.49. The molecule has 9 heteroatoms. The molecule has 0 bridgehead atoms.